The third kappa shape index (κ3) is 6.60. The van der Waals surface area contributed by atoms with E-state index >= 15 is 0 Å². The van der Waals surface area contributed by atoms with Gasteiger partial charge in [-0.15, -0.1) is 0 Å². The number of guanidine groups is 1. The molecule has 1 aliphatic carbocycles. The first kappa shape index (κ1) is 19.5. The maximum Gasteiger partial charge on any atom is 0.191 e. The van der Waals surface area contributed by atoms with E-state index in [2.05, 4.69) is 27.4 Å². The molecule has 0 unspecified atom stereocenters. The van der Waals surface area contributed by atoms with Crippen LogP contribution in [-0.2, 0) is 4.74 Å². The summed E-state index contributed by atoms with van der Waals surface area (Å²) in [6.07, 6.45) is 9.19. The molecule has 2 aliphatic rings. The number of nitrogens with one attached hydrogen (secondary N) is 2. The van der Waals surface area contributed by atoms with E-state index in [-0.39, 0.29) is 0 Å². The second-order valence-electron chi connectivity index (χ2n) is 7.50. The van der Waals surface area contributed by atoms with Gasteiger partial charge in [0.2, 0.25) is 0 Å². The third-order valence-corrected chi connectivity index (χ3v) is 5.87. The Hall–Kier alpha value is -0.810. The lowest BCUT2D eigenvalue weighted by atomic mass is 9.84. The molecule has 0 radical (unpaired) electrons. The van der Waals surface area contributed by atoms with Gasteiger partial charge in [0.05, 0.1) is 6.61 Å². The van der Waals surface area contributed by atoms with Crippen LogP contribution < -0.4 is 10.6 Å². The molecule has 0 amide bonds. The maximum absolute atomic E-state index is 5.17. The Bertz CT molecular complexity index is 358. The molecule has 0 aromatic carbocycles. The fraction of sp³-hybridized carbons (Fsp3) is 0.947. The number of nitrogens with zero attached hydrogens (tertiary/aromatic N) is 2. The molecule has 1 aliphatic heterocycles. The van der Waals surface area contributed by atoms with Crippen LogP contribution in [0.3, 0.4) is 0 Å². The normalized spacial score (nSPS) is 27.2. The minimum absolute atomic E-state index is 0.606. The summed E-state index contributed by atoms with van der Waals surface area (Å²) >= 11 is 0. The SMILES string of the molecule is CCC1CCC(NC(=NC)NCC2CCN(CCOC)CC2)CC1. The lowest BCUT2D eigenvalue weighted by Crippen LogP contribution is -2.47. The van der Waals surface area contributed by atoms with Gasteiger partial charge in [0.25, 0.3) is 0 Å². The van der Waals surface area contributed by atoms with Crippen LogP contribution in [0.15, 0.2) is 4.99 Å². The van der Waals surface area contributed by atoms with E-state index in [1.54, 1.807) is 7.11 Å². The molecule has 0 aromatic heterocycles. The van der Waals surface area contributed by atoms with E-state index in [9.17, 15) is 0 Å². The van der Waals surface area contributed by atoms with Gasteiger partial charge in [0, 0.05) is 33.3 Å². The van der Waals surface area contributed by atoms with Crippen molar-refractivity contribution in [3.8, 4) is 0 Å². The average molecular weight is 339 g/mol. The second kappa shape index (κ2) is 10.9. The van der Waals surface area contributed by atoms with Crippen LogP contribution in [0.4, 0.5) is 0 Å². The molecule has 0 spiro atoms. The summed E-state index contributed by atoms with van der Waals surface area (Å²) in [7, 11) is 3.67. The van der Waals surface area contributed by atoms with Gasteiger partial charge in [0.1, 0.15) is 0 Å². The van der Waals surface area contributed by atoms with E-state index in [1.807, 2.05) is 7.05 Å². The Kier molecular flexibility index (Phi) is 8.89. The highest BCUT2D eigenvalue weighted by atomic mass is 16.5. The van der Waals surface area contributed by atoms with E-state index < -0.39 is 0 Å². The van der Waals surface area contributed by atoms with Crippen LogP contribution in [0.2, 0.25) is 0 Å². The fourth-order valence-corrected chi connectivity index (χ4v) is 3.98. The smallest absolute Gasteiger partial charge is 0.191 e. The summed E-state index contributed by atoms with van der Waals surface area (Å²) in [5.74, 6) is 2.70. The number of likely N-dealkylation sites (tertiary alicyclic amines) is 1. The molecule has 2 N–H and O–H groups in total. The van der Waals surface area contributed by atoms with Gasteiger partial charge in [-0.1, -0.05) is 13.3 Å². The molecular formula is C19H38N4O. The highest BCUT2D eigenvalue weighted by molar-refractivity contribution is 5.79. The van der Waals surface area contributed by atoms with Gasteiger partial charge in [0.15, 0.2) is 5.96 Å². The van der Waals surface area contributed by atoms with E-state index in [1.165, 1.54) is 58.0 Å². The average Bonchev–Trinajstić information content (AvgIpc) is 2.64. The van der Waals surface area contributed by atoms with Crippen LogP contribution in [0.25, 0.3) is 0 Å². The minimum Gasteiger partial charge on any atom is -0.383 e. The molecule has 0 aromatic rings. The zero-order valence-corrected chi connectivity index (χ0v) is 16.0. The number of methoxy groups -OCH3 is 1. The van der Waals surface area contributed by atoms with Gasteiger partial charge in [-0.05, 0) is 63.5 Å². The van der Waals surface area contributed by atoms with Crippen molar-refractivity contribution in [1.82, 2.24) is 15.5 Å². The third-order valence-electron chi connectivity index (χ3n) is 5.87. The lowest BCUT2D eigenvalue weighted by molar-refractivity contribution is 0.120. The van der Waals surface area contributed by atoms with E-state index in [4.69, 9.17) is 4.74 Å². The van der Waals surface area contributed by atoms with Crippen LogP contribution in [0, 0.1) is 11.8 Å². The zero-order valence-electron chi connectivity index (χ0n) is 16.0. The lowest BCUT2D eigenvalue weighted by Gasteiger charge is -2.33. The van der Waals surface area contributed by atoms with Gasteiger partial charge in [-0.25, -0.2) is 0 Å². The van der Waals surface area contributed by atoms with Crippen molar-refractivity contribution in [1.29, 1.82) is 0 Å². The highest BCUT2D eigenvalue weighted by Crippen LogP contribution is 2.26. The van der Waals surface area contributed by atoms with Crippen molar-refractivity contribution in [2.75, 3.05) is 46.9 Å². The first-order chi connectivity index (χ1) is 11.7. The standard InChI is InChI=1S/C19H38N4O/c1-4-16-5-7-18(8-6-16)22-19(20-2)21-15-17-9-11-23(12-10-17)13-14-24-3/h16-18H,4-15H2,1-3H3,(H2,20,21,22). The predicted molar refractivity (Wildman–Crippen MR) is 102 cm³/mol. The van der Waals surface area contributed by atoms with Crippen molar-refractivity contribution in [2.45, 2.75) is 57.9 Å². The first-order valence-corrected chi connectivity index (χ1v) is 9.93. The first-order valence-electron chi connectivity index (χ1n) is 9.93. The highest BCUT2D eigenvalue weighted by Gasteiger charge is 2.22. The Labute approximate surface area is 148 Å². The van der Waals surface area contributed by atoms with Gasteiger partial charge in [-0.2, -0.15) is 0 Å². The van der Waals surface area contributed by atoms with Crippen LogP contribution in [0.5, 0.6) is 0 Å². The van der Waals surface area contributed by atoms with E-state index in [0.717, 1.165) is 37.5 Å². The van der Waals surface area contributed by atoms with Crippen LogP contribution in [0.1, 0.15) is 51.9 Å². The molecule has 1 saturated carbocycles. The Morgan fingerprint density at radius 2 is 1.79 bits per heavy atom. The van der Waals surface area contributed by atoms with Crippen molar-refractivity contribution in [2.24, 2.45) is 16.8 Å². The van der Waals surface area contributed by atoms with E-state index in [0.29, 0.717) is 6.04 Å². The number of ether oxygens (including phenoxy) is 1. The van der Waals surface area contributed by atoms with Gasteiger partial charge in [-0.3, -0.25) is 4.99 Å². The fourth-order valence-electron chi connectivity index (χ4n) is 3.98. The largest absolute Gasteiger partial charge is 0.383 e. The number of hydrogen-bond donors (Lipinski definition) is 2. The molecule has 140 valence electrons. The Morgan fingerprint density at radius 1 is 1.08 bits per heavy atom. The number of hydrogen-bond acceptors (Lipinski definition) is 3. The molecule has 2 fully saturated rings. The molecule has 0 bridgehead atoms. The topological polar surface area (TPSA) is 48.9 Å². The Morgan fingerprint density at radius 3 is 2.38 bits per heavy atom. The number of aliphatic imine (C=N–C) groups is 1. The summed E-state index contributed by atoms with van der Waals surface area (Å²) in [5.41, 5.74) is 0. The molecule has 1 saturated heterocycles. The molecule has 0 atom stereocenters. The van der Waals surface area contributed by atoms with Gasteiger partial charge < -0.3 is 20.3 Å². The number of piperidine rings is 1. The Balaban J connectivity index is 1.62. The van der Waals surface area contributed by atoms with Crippen molar-refractivity contribution in [3.63, 3.8) is 0 Å². The van der Waals surface area contributed by atoms with Gasteiger partial charge >= 0.3 is 0 Å². The quantitative estimate of drug-likeness (QED) is 0.553. The number of rotatable bonds is 7. The molecule has 5 heteroatoms. The second-order valence-corrected chi connectivity index (χ2v) is 7.50. The monoisotopic (exact) mass is 338 g/mol. The molecule has 1 heterocycles. The molecule has 2 rings (SSSR count). The minimum atomic E-state index is 0.606. The van der Waals surface area contributed by atoms with Crippen molar-refractivity contribution >= 4 is 5.96 Å². The van der Waals surface area contributed by atoms with Crippen molar-refractivity contribution in [3.05, 3.63) is 0 Å². The molecule has 5 nitrogen and oxygen atoms in total. The summed E-state index contributed by atoms with van der Waals surface area (Å²) in [6, 6.07) is 0.606. The van der Waals surface area contributed by atoms with Crippen LogP contribution in [-0.4, -0.2) is 63.8 Å². The summed E-state index contributed by atoms with van der Waals surface area (Å²) in [4.78, 5) is 6.94. The summed E-state index contributed by atoms with van der Waals surface area (Å²) in [6.45, 7) is 7.67. The van der Waals surface area contributed by atoms with Crippen molar-refractivity contribution < 1.29 is 4.74 Å². The van der Waals surface area contributed by atoms with Crippen LogP contribution >= 0.6 is 0 Å². The molecule has 24 heavy (non-hydrogen) atoms. The summed E-state index contributed by atoms with van der Waals surface area (Å²) < 4.78 is 5.17. The predicted octanol–water partition coefficient (Wildman–Crippen LogP) is 2.48. The maximum atomic E-state index is 5.17. The summed E-state index contributed by atoms with van der Waals surface area (Å²) in [5, 5.41) is 7.20. The molecular weight excluding hydrogens is 300 g/mol. The zero-order chi connectivity index (χ0) is 17.2.